The second-order valence-electron chi connectivity index (χ2n) is 7.41. The minimum absolute atomic E-state index is 0.0306. The first-order chi connectivity index (χ1) is 14.0. The van der Waals surface area contributed by atoms with Gasteiger partial charge in [-0.15, -0.1) is 11.8 Å². The lowest BCUT2D eigenvalue weighted by Gasteiger charge is -2.29. The van der Waals surface area contributed by atoms with Crippen LogP contribution in [0.3, 0.4) is 0 Å². The first-order valence-corrected chi connectivity index (χ1v) is 11.2. The average molecular weight is 417 g/mol. The lowest BCUT2D eigenvalue weighted by Crippen LogP contribution is -2.43. The van der Waals surface area contributed by atoms with E-state index in [1.54, 1.807) is 29.7 Å². The zero-order valence-corrected chi connectivity index (χ0v) is 17.8. The Labute approximate surface area is 175 Å². The van der Waals surface area contributed by atoms with Gasteiger partial charge in [0.05, 0.1) is 0 Å². The van der Waals surface area contributed by atoms with Crippen LogP contribution < -0.4 is 10.6 Å². The molecular weight excluding hydrogens is 388 g/mol. The van der Waals surface area contributed by atoms with E-state index in [2.05, 4.69) is 15.8 Å². The minimum atomic E-state index is -0.290. The third-order valence-corrected chi connectivity index (χ3v) is 5.81. The van der Waals surface area contributed by atoms with E-state index in [1.807, 2.05) is 30.5 Å². The van der Waals surface area contributed by atoms with E-state index in [-0.39, 0.29) is 18.5 Å². The molecule has 1 saturated carbocycles. The summed E-state index contributed by atoms with van der Waals surface area (Å²) in [5.41, 5.74) is 0.717. The molecule has 0 spiro atoms. The van der Waals surface area contributed by atoms with E-state index < -0.39 is 0 Å². The van der Waals surface area contributed by atoms with Gasteiger partial charge in [0.25, 0.3) is 0 Å². The lowest BCUT2D eigenvalue weighted by atomic mass is 9.89. The van der Waals surface area contributed by atoms with Gasteiger partial charge in [0.15, 0.2) is 5.82 Å². The van der Waals surface area contributed by atoms with Gasteiger partial charge in [-0.2, -0.15) is 0 Å². The van der Waals surface area contributed by atoms with E-state index in [0.717, 1.165) is 17.7 Å². The van der Waals surface area contributed by atoms with Crippen molar-refractivity contribution < 1.29 is 14.1 Å². The Bertz CT molecular complexity index is 816. The van der Waals surface area contributed by atoms with Crippen molar-refractivity contribution in [3.8, 4) is 0 Å². The monoisotopic (exact) mass is 416 g/mol. The van der Waals surface area contributed by atoms with E-state index in [4.69, 9.17) is 4.52 Å². The van der Waals surface area contributed by atoms with Gasteiger partial charge in [-0.3, -0.25) is 4.79 Å². The molecule has 1 aromatic carbocycles. The summed E-state index contributed by atoms with van der Waals surface area (Å²) in [7, 11) is 0. The Morgan fingerprint density at radius 2 is 1.90 bits per heavy atom. The molecule has 7 nitrogen and oxygen atoms in total. The summed E-state index contributed by atoms with van der Waals surface area (Å²) >= 11 is 1.65. The van der Waals surface area contributed by atoms with Crippen molar-refractivity contribution in [2.75, 3.05) is 30.0 Å². The predicted octanol–water partition coefficient (Wildman–Crippen LogP) is 4.76. The topological polar surface area (TPSA) is 87.5 Å². The molecule has 2 N–H and O–H groups in total. The number of urea groups is 1. The summed E-state index contributed by atoms with van der Waals surface area (Å²) in [5, 5.41) is 9.40. The largest absolute Gasteiger partial charge is 0.360 e. The molecule has 0 bridgehead atoms. The maximum Gasteiger partial charge on any atom is 0.322 e. The Morgan fingerprint density at radius 3 is 2.52 bits per heavy atom. The molecule has 0 saturated heterocycles. The maximum atomic E-state index is 12.9. The van der Waals surface area contributed by atoms with Crippen LogP contribution >= 0.6 is 11.8 Å². The number of carbonyl (C=O) groups is 2. The molecule has 3 amide bonds. The average Bonchev–Trinajstić information content (AvgIpc) is 3.13. The van der Waals surface area contributed by atoms with Crippen molar-refractivity contribution in [1.29, 1.82) is 0 Å². The SMILES string of the molecule is CSc1ccc(NC(=O)N(CC(=O)Nc2cc(C)on2)CC2CCCCC2)cc1. The van der Waals surface area contributed by atoms with E-state index >= 15 is 0 Å². The fraction of sp³-hybridized carbons (Fsp3) is 0.476. The zero-order valence-electron chi connectivity index (χ0n) is 16.9. The van der Waals surface area contributed by atoms with Gasteiger partial charge >= 0.3 is 6.03 Å². The van der Waals surface area contributed by atoms with Crippen LogP contribution in [0.2, 0.25) is 0 Å². The first-order valence-electron chi connectivity index (χ1n) is 9.96. The Kier molecular flexibility index (Phi) is 7.57. The van der Waals surface area contributed by atoms with Crippen molar-refractivity contribution in [3.63, 3.8) is 0 Å². The van der Waals surface area contributed by atoms with E-state index in [0.29, 0.717) is 29.7 Å². The maximum absolute atomic E-state index is 12.9. The molecule has 1 aliphatic rings. The molecule has 1 fully saturated rings. The fourth-order valence-electron chi connectivity index (χ4n) is 3.56. The van der Waals surface area contributed by atoms with Crippen LogP contribution in [0.15, 0.2) is 39.8 Å². The highest BCUT2D eigenvalue weighted by atomic mass is 32.2. The highest BCUT2D eigenvalue weighted by molar-refractivity contribution is 7.98. The summed E-state index contributed by atoms with van der Waals surface area (Å²) in [4.78, 5) is 28.2. The molecule has 0 unspecified atom stereocenters. The molecule has 156 valence electrons. The van der Waals surface area contributed by atoms with Gasteiger partial charge in [0.2, 0.25) is 5.91 Å². The summed E-state index contributed by atoms with van der Waals surface area (Å²) in [5.74, 6) is 1.11. The molecule has 29 heavy (non-hydrogen) atoms. The number of aromatic nitrogens is 1. The van der Waals surface area contributed by atoms with Crippen LogP contribution in [0.5, 0.6) is 0 Å². The molecule has 0 radical (unpaired) electrons. The summed E-state index contributed by atoms with van der Waals surface area (Å²) in [6.07, 6.45) is 7.80. The number of carbonyl (C=O) groups excluding carboxylic acids is 2. The molecule has 1 aromatic heterocycles. The molecule has 1 heterocycles. The van der Waals surface area contributed by atoms with Crippen molar-refractivity contribution >= 4 is 35.2 Å². The number of nitrogens with one attached hydrogen (secondary N) is 2. The van der Waals surface area contributed by atoms with Crippen molar-refractivity contribution in [3.05, 3.63) is 36.1 Å². The number of nitrogens with zero attached hydrogens (tertiary/aromatic N) is 2. The Morgan fingerprint density at radius 1 is 1.17 bits per heavy atom. The van der Waals surface area contributed by atoms with Crippen LogP contribution in [0.1, 0.15) is 37.9 Å². The Balaban J connectivity index is 1.64. The molecule has 2 aromatic rings. The molecular formula is C21H28N4O3S. The number of amides is 3. The standard InChI is InChI=1S/C21H28N4O3S/c1-15-12-19(24-28-15)23-20(26)14-25(13-16-6-4-3-5-7-16)21(27)22-17-8-10-18(29-2)11-9-17/h8-12,16H,3-7,13-14H2,1-2H3,(H,22,27)(H,23,24,26). The quantitative estimate of drug-likeness (QED) is 0.636. The number of benzene rings is 1. The van der Waals surface area contributed by atoms with E-state index in [9.17, 15) is 9.59 Å². The first kappa shape index (κ1) is 21.2. The van der Waals surface area contributed by atoms with Gasteiger partial charge in [-0.1, -0.05) is 24.4 Å². The number of hydrogen-bond donors (Lipinski definition) is 2. The summed E-state index contributed by atoms with van der Waals surface area (Å²) in [6, 6.07) is 9.06. The van der Waals surface area contributed by atoms with Gasteiger partial charge in [0, 0.05) is 23.2 Å². The van der Waals surface area contributed by atoms with Crippen LogP contribution in [-0.2, 0) is 4.79 Å². The molecule has 3 rings (SSSR count). The van der Waals surface area contributed by atoms with Crippen LogP contribution in [-0.4, -0.2) is 41.3 Å². The van der Waals surface area contributed by atoms with Crippen LogP contribution in [0.25, 0.3) is 0 Å². The highest BCUT2D eigenvalue weighted by Crippen LogP contribution is 2.25. The number of rotatable bonds is 7. The van der Waals surface area contributed by atoms with Crippen LogP contribution in [0.4, 0.5) is 16.3 Å². The predicted molar refractivity (Wildman–Crippen MR) is 115 cm³/mol. The number of anilines is 2. The van der Waals surface area contributed by atoms with Gasteiger partial charge in [-0.05, 0) is 56.2 Å². The molecule has 1 aliphatic carbocycles. The highest BCUT2D eigenvalue weighted by Gasteiger charge is 2.23. The molecule has 0 atom stereocenters. The zero-order chi connectivity index (χ0) is 20.6. The normalized spacial score (nSPS) is 14.4. The molecule has 0 aliphatic heterocycles. The molecule has 8 heteroatoms. The summed E-state index contributed by atoms with van der Waals surface area (Å²) < 4.78 is 4.98. The van der Waals surface area contributed by atoms with Gasteiger partial charge < -0.3 is 20.1 Å². The number of thioether (sulfide) groups is 1. The fourth-order valence-corrected chi connectivity index (χ4v) is 3.97. The van der Waals surface area contributed by atoms with Gasteiger partial charge in [0.1, 0.15) is 12.3 Å². The second kappa shape index (κ2) is 10.3. The van der Waals surface area contributed by atoms with Crippen molar-refractivity contribution in [1.82, 2.24) is 10.1 Å². The van der Waals surface area contributed by atoms with Crippen molar-refractivity contribution in [2.45, 2.75) is 43.9 Å². The summed E-state index contributed by atoms with van der Waals surface area (Å²) in [6.45, 7) is 2.30. The smallest absolute Gasteiger partial charge is 0.322 e. The lowest BCUT2D eigenvalue weighted by molar-refractivity contribution is -0.116. The second-order valence-corrected chi connectivity index (χ2v) is 8.29. The number of aryl methyl sites for hydroxylation is 1. The van der Waals surface area contributed by atoms with Crippen molar-refractivity contribution in [2.24, 2.45) is 5.92 Å². The van der Waals surface area contributed by atoms with E-state index in [1.165, 1.54) is 19.3 Å². The Hall–Kier alpha value is -2.48. The van der Waals surface area contributed by atoms with Crippen LogP contribution in [0, 0.1) is 12.8 Å². The third kappa shape index (κ3) is 6.52. The third-order valence-electron chi connectivity index (χ3n) is 5.06. The minimum Gasteiger partial charge on any atom is -0.360 e. The number of hydrogen-bond acceptors (Lipinski definition) is 5. The van der Waals surface area contributed by atoms with Gasteiger partial charge in [-0.25, -0.2) is 4.79 Å².